The Bertz CT molecular complexity index is 961. The van der Waals surface area contributed by atoms with E-state index < -0.39 is 5.82 Å². The molecule has 0 unspecified atom stereocenters. The summed E-state index contributed by atoms with van der Waals surface area (Å²) in [6.07, 6.45) is 4.19. The van der Waals surface area contributed by atoms with Gasteiger partial charge < -0.3 is 19.7 Å². The minimum Gasteiger partial charge on any atom is -0.378 e. The summed E-state index contributed by atoms with van der Waals surface area (Å²) >= 11 is 0. The highest BCUT2D eigenvalue weighted by atomic mass is 19.1. The van der Waals surface area contributed by atoms with Gasteiger partial charge in [0.15, 0.2) is 0 Å². The molecule has 0 aliphatic carbocycles. The fourth-order valence-corrected chi connectivity index (χ4v) is 3.98. The number of nitrogens with zero attached hydrogens (tertiary/aromatic N) is 4. The summed E-state index contributed by atoms with van der Waals surface area (Å²) in [6, 6.07) is 6.14. The smallest absolute Gasteiger partial charge is 0.255 e. The first-order chi connectivity index (χ1) is 15.4. The first-order valence-electron chi connectivity index (χ1n) is 10.6. The van der Waals surface area contributed by atoms with Crippen LogP contribution in [0.25, 0.3) is 0 Å². The van der Waals surface area contributed by atoms with Gasteiger partial charge in [-0.15, -0.1) is 0 Å². The molecular formula is C22H28FN5O4. The van der Waals surface area contributed by atoms with E-state index in [2.05, 4.69) is 15.3 Å². The maximum Gasteiger partial charge on any atom is 0.255 e. The quantitative estimate of drug-likeness (QED) is 0.661. The van der Waals surface area contributed by atoms with Crippen LogP contribution in [-0.4, -0.2) is 90.5 Å². The van der Waals surface area contributed by atoms with Crippen molar-refractivity contribution in [3.8, 4) is 0 Å². The zero-order chi connectivity index (χ0) is 22.7. The number of hydrogen-bond acceptors (Lipinski definition) is 6. The molecule has 2 atom stereocenters. The highest BCUT2D eigenvalue weighted by Gasteiger charge is 2.40. The summed E-state index contributed by atoms with van der Waals surface area (Å²) in [6.45, 7) is 2.67. The zero-order valence-electron chi connectivity index (χ0n) is 18.2. The van der Waals surface area contributed by atoms with E-state index in [-0.39, 0.29) is 36.1 Å². The molecule has 1 aromatic carbocycles. The topological polar surface area (TPSA) is 88.9 Å². The molecule has 0 bridgehead atoms. The van der Waals surface area contributed by atoms with Crippen LogP contribution >= 0.6 is 0 Å². The minimum atomic E-state index is -0.458. The Hall–Kier alpha value is -2.82. The van der Waals surface area contributed by atoms with Crippen molar-refractivity contribution in [3.05, 3.63) is 48.0 Å². The Labute approximate surface area is 186 Å². The number of likely N-dealkylation sites (tertiary alicyclic amines) is 1. The number of rotatable bonds is 8. The summed E-state index contributed by atoms with van der Waals surface area (Å²) in [5.41, 5.74) is 0.799. The highest BCUT2D eigenvalue weighted by molar-refractivity contribution is 6.04. The van der Waals surface area contributed by atoms with E-state index in [1.807, 2.05) is 4.68 Å². The number of halogens is 1. The lowest BCUT2D eigenvalue weighted by atomic mass is 10.1. The fourth-order valence-electron chi connectivity index (χ4n) is 3.98. The number of aromatic nitrogens is 2. The predicted octanol–water partition coefficient (Wildman–Crippen LogP) is 1.39. The van der Waals surface area contributed by atoms with Gasteiger partial charge in [0.1, 0.15) is 12.4 Å². The number of hydrogen-bond donors (Lipinski definition) is 1. The SMILES string of the molecule is CN(C)C(=O)COC[C@@H]1C[C@H](n2cc(NC(=O)c3cccc(F)c3)cn2)CN1C1COC1. The van der Waals surface area contributed by atoms with Gasteiger partial charge in [0.05, 0.1) is 43.8 Å². The number of carbonyl (C=O) groups excluding carboxylic acids is 2. The van der Waals surface area contributed by atoms with E-state index in [0.717, 1.165) is 13.0 Å². The second-order valence-corrected chi connectivity index (χ2v) is 8.41. The Morgan fingerprint density at radius 2 is 2.12 bits per heavy atom. The van der Waals surface area contributed by atoms with Crippen molar-refractivity contribution >= 4 is 17.5 Å². The molecule has 0 radical (unpaired) electrons. The van der Waals surface area contributed by atoms with E-state index in [4.69, 9.17) is 9.47 Å². The van der Waals surface area contributed by atoms with E-state index >= 15 is 0 Å². The molecule has 172 valence electrons. The van der Waals surface area contributed by atoms with Crippen LogP contribution in [0.1, 0.15) is 22.8 Å². The summed E-state index contributed by atoms with van der Waals surface area (Å²) < 4.78 is 26.3. The molecule has 2 fully saturated rings. The molecule has 0 spiro atoms. The number of amides is 2. The lowest BCUT2D eigenvalue weighted by Crippen LogP contribution is -2.52. The lowest BCUT2D eigenvalue weighted by molar-refractivity contribution is -0.134. The van der Waals surface area contributed by atoms with Crippen molar-refractivity contribution in [3.63, 3.8) is 0 Å². The third-order valence-electron chi connectivity index (χ3n) is 5.88. The van der Waals surface area contributed by atoms with Crippen molar-refractivity contribution < 1.29 is 23.5 Å². The maximum atomic E-state index is 13.4. The van der Waals surface area contributed by atoms with Gasteiger partial charge in [-0.1, -0.05) is 6.07 Å². The van der Waals surface area contributed by atoms with Gasteiger partial charge in [-0.05, 0) is 24.6 Å². The highest BCUT2D eigenvalue weighted by Crippen LogP contribution is 2.31. The average molecular weight is 445 g/mol. The van der Waals surface area contributed by atoms with Crippen molar-refractivity contribution in [2.24, 2.45) is 0 Å². The molecule has 1 N–H and O–H groups in total. The van der Waals surface area contributed by atoms with Gasteiger partial charge >= 0.3 is 0 Å². The molecule has 2 amide bonds. The van der Waals surface area contributed by atoms with E-state index in [0.29, 0.717) is 31.5 Å². The summed E-state index contributed by atoms with van der Waals surface area (Å²) in [7, 11) is 3.41. The summed E-state index contributed by atoms with van der Waals surface area (Å²) in [5, 5.41) is 7.20. The van der Waals surface area contributed by atoms with Crippen LogP contribution in [0.15, 0.2) is 36.7 Å². The van der Waals surface area contributed by atoms with Crippen LogP contribution in [0, 0.1) is 5.82 Å². The van der Waals surface area contributed by atoms with Crippen molar-refractivity contribution in [1.82, 2.24) is 19.6 Å². The molecule has 4 rings (SSSR count). The molecule has 0 saturated carbocycles. The van der Waals surface area contributed by atoms with Crippen LogP contribution < -0.4 is 5.32 Å². The molecule has 9 nitrogen and oxygen atoms in total. The summed E-state index contributed by atoms with van der Waals surface area (Å²) in [5.74, 6) is -0.913. The number of nitrogens with one attached hydrogen (secondary N) is 1. The van der Waals surface area contributed by atoms with Crippen LogP contribution in [-0.2, 0) is 14.3 Å². The van der Waals surface area contributed by atoms with Gasteiger partial charge in [-0.2, -0.15) is 5.10 Å². The fraction of sp³-hybridized carbons (Fsp3) is 0.500. The maximum absolute atomic E-state index is 13.4. The average Bonchev–Trinajstić information content (AvgIpc) is 3.34. The summed E-state index contributed by atoms with van der Waals surface area (Å²) in [4.78, 5) is 28.0. The van der Waals surface area contributed by atoms with Crippen LogP contribution in [0.5, 0.6) is 0 Å². The van der Waals surface area contributed by atoms with Crippen LogP contribution in [0.3, 0.4) is 0 Å². The molecule has 2 aliphatic heterocycles. The molecule has 2 aromatic rings. The second kappa shape index (κ2) is 9.76. The van der Waals surface area contributed by atoms with Gasteiger partial charge in [-0.3, -0.25) is 19.2 Å². The van der Waals surface area contributed by atoms with E-state index in [9.17, 15) is 14.0 Å². The Morgan fingerprint density at radius 3 is 2.81 bits per heavy atom. The number of likely N-dealkylation sites (N-methyl/N-ethyl adjacent to an activating group) is 1. The third kappa shape index (κ3) is 5.14. The molecule has 2 saturated heterocycles. The molecular weight excluding hydrogens is 417 g/mol. The number of anilines is 1. The second-order valence-electron chi connectivity index (χ2n) is 8.41. The van der Waals surface area contributed by atoms with E-state index in [1.54, 1.807) is 32.6 Å². The van der Waals surface area contributed by atoms with Crippen molar-refractivity contribution in [2.45, 2.75) is 24.5 Å². The van der Waals surface area contributed by atoms with E-state index in [1.165, 1.54) is 23.1 Å². The normalized spacial score (nSPS) is 21.3. The monoisotopic (exact) mass is 445 g/mol. The van der Waals surface area contributed by atoms with Crippen molar-refractivity contribution in [1.29, 1.82) is 0 Å². The Morgan fingerprint density at radius 1 is 1.31 bits per heavy atom. The molecule has 2 aliphatic rings. The first kappa shape index (κ1) is 22.4. The standard InChI is InChI=1S/C22H28FN5O4/c1-26(2)21(29)14-32-11-19-7-18(10-27(19)20-12-31-13-20)28-9-17(8-24-28)25-22(30)15-4-3-5-16(23)6-15/h3-6,8-9,18-20H,7,10-14H2,1-2H3,(H,25,30)/t18-,19-/m0/s1. The van der Waals surface area contributed by atoms with Crippen LogP contribution in [0.4, 0.5) is 10.1 Å². The number of benzene rings is 1. The van der Waals surface area contributed by atoms with Crippen molar-refractivity contribution in [2.75, 3.05) is 52.4 Å². The molecule has 32 heavy (non-hydrogen) atoms. The number of carbonyl (C=O) groups is 2. The van der Waals surface area contributed by atoms with Gasteiger partial charge in [0, 0.05) is 38.4 Å². The predicted molar refractivity (Wildman–Crippen MR) is 115 cm³/mol. The van der Waals surface area contributed by atoms with Crippen LogP contribution in [0.2, 0.25) is 0 Å². The molecule has 10 heteroatoms. The first-order valence-corrected chi connectivity index (χ1v) is 10.6. The minimum absolute atomic E-state index is 0.0567. The zero-order valence-corrected chi connectivity index (χ0v) is 18.2. The largest absolute Gasteiger partial charge is 0.378 e. The number of ether oxygens (including phenoxy) is 2. The molecule has 1 aromatic heterocycles. The van der Waals surface area contributed by atoms with Gasteiger partial charge in [0.25, 0.3) is 5.91 Å². The lowest BCUT2D eigenvalue weighted by Gasteiger charge is -2.38. The van der Waals surface area contributed by atoms with Gasteiger partial charge in [0.2, 0.25) is 5.91 Å². The van der Waals surface area contributed by atoms with Gasteiger partial charge in [-0.25, -0.2) is 4.39 Å². The Balaban J connectivity index is 1.37. The molecule has 3 heterocycles. The third-order valence-corrected chi connectivity index (χ3v) is 5.88. The Kier molecular flexibility index (Phi) is 6.83.